The van der Waals surface area contributed by atoms with E-state index >= 15 is 0 Å². The van der Waals surface area contributed by atoms with Gasteiger partial charge in [0.25, 0.3) is 0 Å². The average Bonchev–Trinajstić information content (AvgIpc) is 3.51. The first kappa shape index (κ1) is 21.5. The average molecular weight is 425 g/mol. The normalized spacial score (nSPS) is 22.8. The molecule has 0 heterocycles. The number of sulfone groups is 1. The highest BCUT2D eigenvalue weighted by Crippen LogP contribution is 2.26. The number of carbonyl (C=O) groups excluding carboxylic acids is 1. The minimum atomic E-state index is -3.73. The van der Waals surface area contributed by atoms with Crippen LogP contribution >= 0.6 is 0 Å². The van der Waals surface area contributed by atoms with Gasteiger partial charge in [-0.1, -0.05) is 18.6 Å². The fraction of sp³-hybridized carbons (Fsp3) is 0.600. The molecule has 0 aliphatic heterocycles. The molecule has 1 aromatic rings. The van der Waals surface area contributed by atoms with E-state index in [4.69, 9.17) is 0 Å². The van der Waals surface area contributed by atoms with E-state index < -0.39 is 15.7 Å². The first-order valence-electron chi connectivity index (χ1n) is 10.1. The van der Waals surface area contributed by atoms with Gasteiger partial charge in [-0.2, -0.15) is 0 Å². The molecule has 2 aliphatic carbocycles. The molecule has 2 atom stereocenters. The van der Waals surface area contributed by atoms with E-state index in [-0.39, 0.29) is 35.1 Å². The van der Waals surface area contributed by atoms with Gasteiger partial charge >= 0.3 is 0 Å². The van der Waals surface area contributed by atoms with Crippen molar-refractivity contribution in [2.45, 2.75) is 55.5 Å². The van der Waals surface area contributed by atoms with Crippen molar-refractivity contribution in [2.24, 2.45) is 10.9 Å². The van der Waals surface area contributed by atoms with Crippen LogP contribution in [0.25, 0.3) is 0 Å². The monoisotopic (exact) mass is 424 g/mol. The van der Waals surface area contributed by atoms with Gasteiger partial charge in [-0.3, -0.25) is 9.79 Å². The molecule has 0 spiro atoms. The molecular formula is C20H29FN4O3S. The number of nitrogens with zero attached hydrogens (tertiary/aromatic N) is 1. The third kappa shape index (κ3) is 6.16. The highest BCUT2D eigenvalue weighted by Gasteiger charge is 2.31. The lowest BCUT2D eigenvalue weighted by atomic mass is 9.85. The number of halogens is 1. The maximum atomic E-state index is 13.8. The molecule has 3 N–H and O–H groups in total. The summed E-state index contributed by atoms with van der Waals surface area (Å²) in [6.07, 6.45) is 5.66. The predicted octanol–water partition coefficient (Wildman–Crippen LogP) is 1.60. The standard InChI is InChI=1S/C20H29FN4O3S/c1-22-20(23-11-12-29(27,28)18-8-3-2-7-17(18)21)25-16-6-4-5-14(13-16)19(26)24-15-9-10-15/h2-3,7-8,14-16H,4-6,9-13H2,1H3,(H,24,26)(H2,22,23,25). The van der Waals surface area contributed by atoms with Crippen molar-refractivity contribution in [1.29, 1.82) is 0 Å². The number of hydrogen-bond acceptors (Lipinski definition) is 4. The molecule has 2 aliphatic rings. The van der Waals surface area contributed by atoms with Gasteiger partial charge in [0.15, 0.2) is 15.8 Å². The highest BCUT2D eigenvalue weighted by molar-refractivity contribution is 7.91. The van der Waals surface area contributed by atoms with Crippen molar-refractivity contribution in [1.82, 2.24) is 16.0 Å². The lowest BCUT2D eigenvalue weighted by Gasteiger charge is -2.30. The third-order valence-electron chi connectivity index (χ3n) is 5.37. The van der Waals surface area contributed by atoms with E-state index in [1.165, 1.54) is 18.2 Å². The van der Waals surface area contributed by atoms with Gasteiger partial charge in [-0.25, -0.2) is 12.8 Å². The van der Waals surface area contributed by atoms with Crippen LogP contribution < -0.4 is 16.0 Å². The topological polar surface area (TPSA) is 99.7 Å². The van der Waals surface area contributed by atoms with Crippen LogP contribution in [0.15, 0.2) is 34.2 Å². The quantitative estimate of drug-likeness (QED) is 0.456. The molecule has 2 saturated carbocycles. The Hall–Kier alpha value is -2.16. The Kier molecular flexibility index (Phi) is 7.10. The van der Waals surface area contributed by atoms with Crippen LogP contribution in [-0.4, -0.2) is 51.7 Å². The molecule has 7 nitrogen and oxygen atoms in total. The van der Waals surface area contributed by atoms with E-state index in [0.717, 1.165) is 44.6 Å². The molecule has 29 heavy (non-hydrogen) atoms. The van der Waals surface area contributed by atoms with Gasteiger partial charge in [0.1, 0.15) is 10.7 Å². The Balaban J connectivity index is 1.47. The fourth-order valence-corrected chi connectivity index (χ4v) is 4.85. The molecule has 0 radical (unpaired) electrons. The molecule has 160 valence electrons. The number of hydrogen-bond donors (Lipinski definition) is 3. The summed E-state index contributed by atoms with van der Waals surface area (Å²) in [5, 5.41) is 9.34. The summed E-state index contributed by atoms with van der Waals surface area (Å²) in [5.74, 6) is -0.361. The van der Waals surface area contributed by atoms with Crippen LogP contribution in [0.1, 0.15) is 38.5 Å². The lowest BCUT2D eigenvalue weighted by Crippen LogP contribution is -2.48. The number of aliphatic imine (C=N–C) groups is 1. The van der Waals surface area contributed by atoms with Crippen molar-refractivity contribution >= 4 is 21.7 Å². The maximum Gasteiger partial charge on any atom is 0.223 e. The van der Waals surface area contributed by atoms with Crippen LogP contribution in [0.4, 0.5) is 4.39 Å². The van der Waals surface area contributed by atoms with Crippen molar-refractivity contribution < 1.29 is 17.6 Å². The molecule has 0 bridgehead atoms. The zero-order valence-corrected chi connectivity index (χ0v) is 17.5. The number of guanidine groups is 1. The minimum absolute atomic E-state index is 0.00129. The maximum absolute atomic E-state index is 13.8. The van der Waals surface area contributed by atoms with Crippen LogP contribution in [0.3, 0.4) is 0 Å². The smallest absolute Gasteiger partial charge is 0.223 e. The van der Waals surface area contributed by atoms with E-state index in [0.29, 0.717) is 12.0 Å². The Morgan fingerprint density at radius 3 is 2.59 bits per heavy atom. The van der Waals surface area contributed by atoms with Crippen molar-refractivity contribution in [2.75, 3.05) is 19.3 Å². The summed E-state index contributed by atoms with van der Waals surface area (Å²) in [5.41, 5.74) is 0. The predicted molar refractivity (Wildman–Crippen MR) is 110 cm³/mol. The molecule has 1 amide bonds. The van der Waals surface area contributed by atoms with E-state index in [2.05, 4.69) is 20.9 Å². The van der Waals surface area contributed by atoms with E-state index in [9.17, 15) is 17.6 Å². The van der Waals surface area contributed by atoms with Gasteiger partial charge in [-0.05, 0) is 44.2 Å². The second-order valence-corrected chi connectivity index (χ2v) is 9.81. The molecule has 9 heteroatoms. The van der Waals surface area contributed by atoms with E-state index in [1.807, 2.05) is 0 Å². The van der Waals surface area contributed by atoms with Gasteiger partial charge < -0.3 is 16.0 Å². The minimum Gasteiger partial charge on any atom is -0.355 e. The molecular weight excluding hydrogens is 395 g/mol. The summed E-state index contributed by atoms with van der Waals surface area (Å²) >= 11 is 0. The second kappa shape index (κ2) is 9.56. The zero-order chi connectivity index (χ0) is 20.9. The Labute approximate surface area is 171 Å². The van der Waals surface area contributed by atoms with Crippen LogP contribution in [0.5, 0.6) is 0 Å². The van der Waals surface area contributed by atoms with Crippen molar-refractivity contribution in [3.05, 3.63) is 30.1 Å². The second-order valence-electron chi connectivity index (χ2n) is 7.74. The highest BCUT2D eigenvalue weighted by atomic mass is 32.2. The number of amides is 1. The largest absolute Gasteiger partial charge is 0.355 e. The lowest BCUT2D eigenvalue weighted by molar-refractivity contribution is -0.126. The molecule has 3 rings (SSSR count). The van der Waals surface area contributed by atoms with Crippen LogP contribution in [-0.2, 0) is 14.6 Å². The van der Waals surface area contributed by atoms with Crippen LogP contribution in [0.2, 0.25) is 0 Å². The van der Waals surface area contributed by atoms with Crippen LogP contribution in [0, 0.1) is 11.7 Å². The SMILES string of the molecule is CN=C(NCCS(=O)(=O)c1ccccc1F)NC1CCCC(C(=O)NC2CC2)C1. The molecule has 0 saturated heterocycles. The number of rotatable bonds is 7. The summed E-state index contributed by atoms with van der Waals surface area (Å²) in [6.45, 7) is 0.106. The number of carbonyl (C=O) groups is 1. The molecule has 2 fully saturated rings. The van der Waals surface area contributed by atoms with Crippen molar-refractivity contribution in [3.8, 4) is 0 Å². The third-order valence-corrected chi connectivity index (χ3v) is 7.11. The summed E-state index contributed by atoms with van der Waals surface area (Å²) in [4.78, 5) is 16.2. The van der Waals surface area contributed by atoms with E-state index in [1.54, 1.807) is 7.05 Å². The van der Waals surface area contributed by atoms with Crippen molar-refractivity contribution in [3.63, 3.8) is 0 Å². The first-order chi connectivity index (χ1) is 13.9. The Bertz CT molecular complexity index is 855. The molecule has 0 aromatic heterocycles. The summed E-state index contributed by atoms with van der Waals surface area (Å²) < 4.78 is 38.4. The number of benzene rings is 1. The Morgan fingerprint density at radius 1 is 1.14 bits per heavy atom. The fourth-order valence-electron chi connectivity index (χ4n) is 3.60. The van der Waals surface area contributed by atoms with Gasteiger partial charge in [-0.15, -0.1) is 0 Å². The number of nitrogens with one attached hydrogen (secondary N) is 3. The summed E-state index contributed by atoms with van der Waals surface area (Å²) in [6, 6.07) is 5.84. The van der Waals surface area contributed by atoms with Gasteiger partial charge in [0.05, 0.1) is 5.75 Å². The molecule has 2 unspecified atom stereocenters. The zero-order valence-electron chi connectivity index (χ0n) is 16.7. The summed E-state index contributed by atoms with van der Waals surface area (Å²) in [7, 11) is -2.11. The first-order valence-corrected chi connectivity index (χ1v) is 11.8. The molecule has 1 aromatic carbocycles. The van der Waals surface area contributed by atoms with Gasteiger partial charge in [0.2, 0.25) is 5.91 Å². The Morgan fingerprint density at radius 2 is 1.90 bits per heavy atom. The van der Waals surface area contributed by atoms with Gasteiger partial charge in [0, 0.05) is 31.6 Å².